The molecule has 0 fully saturated rings. The van der Waals surface area contributed by atoms with Crippen LogP contribution in [-0.2, 0) is 11.3 Å². The van der Waals surface area contributed by atoms with Gasteiger partial charge in [-0.2, -0.15) is 5.10 Å². The number of nitrogens with zero attached hydrogens (tertiary/aromatic N) is 2. The Morgan fingerprint density at radius 1 is 1.33 bits per heavy atom. The number of rotatable bonds is 5. The SMILES string of the molecule is COc1ccc(NC(=O)Cn2nc(C)c(C=O)c2C)cc1. The summed E-state index contributed by atoms with van der Waals surface area (Å²) >= 11 is 0. The number of nitrogens with one attached hydrogen (secondary N) is 1. The Morgan fingerprint density at radius 3 is 2.52 bits per heavy atom. The van der Waals surface area contributed by atoms with E-state index in [-0.39, 0.29) is 12.5 Å². The number of ether oxygens (including phenoxy) is 1. The third-order valence-electron chi connectivity index (χ3n) is 3.22. The molecule has 2 rings (SSSR count). The van der Waals surface area contributed by atoms with E-state index in [1.165, 1.54) is 4.68 Å². The van der Waals surface area contributed by atoms with Crippen molar-refractivity contribution in [2.75, 3.05) is 12.4 Å². The number of aryl methyl sites for hydroxylation is 1. The van der Waals surface area contributed by atoms with Gasteiger partial charge >= 0.3 is 0 Å². The van der Waals surface area contributed by atoms with Crippen molar-refractivity contribution in [3.63, 3.8) is 0 Å². The quantitative estimate of drug-likeness (QED) is 0.853. The third kappa shape index (κ3) is 3.28. The van der Waals surface area contributed by atoms with Gasteiger partial charge in [-0.15, -0.1) is 0 Å². The van der Waals surface area contributed by atoms with E-state index in [9.17, 15) is 9.59 Å². The van der Waals surface area contributed by atoms with Crippen LogP contribution in [0.25, 0.3) is 0 Å². The van der Waals surface area contributed by atoms with E-state index in [0.717, 1.165) is 12.0 Å². The number of benzene rings is 1. The van der Waals surface area contributed by atoms with Gasteiger partial charge in [0.05, 0.1) is 18.4 Å². The molecule has 21 heavy (non-hydrogen) atoms. The molecule has 0 bridgehead atoms. The predicted octanol–water partition coefficient (Wildman–Crippen LogP) is 1.96. The first-order chi connectivity index (χ1) is 10.0. The highest BCUT2D eigenvalue weighted by Gasteiger charge is 2.13. The van der Waals surface area contributed by atoms with Crippen molar-refractivity contribution in [3.8, 4) is 5.75 Å². The lowest BCUT2D eigenvalue weighted by Crippen LogP contribution is -2.20. The Morgan fingerprint density at radius 2 is 2.00 bits per heavy atom. The molecule has 0 atom stereocenters. The molecule has 1 aromatic carbocycles. The number of aromatic nitrogens is 2. The average Bonchev–Trinajstić information content (AvgIpc) is 2.73. The van der Waals surface area contributed by atoms with Crippen molar-refractivity contribution in [1.82, 2.24) is 9.78 Å². The highest BCUT2D eigenvalue weighted by molar-refractivity contribution is 5.90. The second-order valence-electron chi connectivity index (χ2n) is 4.64. The minimum absolute atomic E-state index is 0.0620. The first-order valence-electron chi connectivity index (χ1n) is 6.48. The fourth-order valence-corrected chi connectivity index (χ4v) is 2.05. The Bertz CT molecular complexity index is 660. The van der Waals surface area contributed by atoms with Gasteiger partial charge in [0.2, 0.25) is 5.91 Å². The van der Waals surface area contributed by atoms with Crippen molar-refractivity contribution >= 4 is 17.9 Å². The van der Waals surface area contributed by atoms with Crippen molar-refractivity contribution in [2.45, 2.75) is 20.4 Å². The van der Waals surface area contributed by atoms with Crippen LogP contribution in [-0.4, -0.2) is 29.1 Å². The number of anilines is 1. The Kier molecular flexibility index (Phi) is 4.37. The van der Waals surface area contributed by atoms with Crippen LogP contribution in [0.1, 0.15) is 21.7 Å². The monoisotopic (exact) mass is 287 g/mol. The zero-order valence-electron chi connectivity index (χ0n) is 12.2. The van der Waals surface area contributed by atoms with Crippen molar-refractivity contribution < 1.29 is 14.3 Å². The molecule has 1 N–H and O–H groups in total. The molecule has 6 nitrogen and oxygen atoms in total. The number of hydrogen-bond acceptors (Lipinski definition) is 4. The molecule has 1 aromatic heterocycles. The fraction of sp³-hybridized carbons (Fsp3) is 0.267. The molecular formula is C15H17N3O3. The summed E-state index contributed by atoms with van der Waals surface area (Å²) in [5, 5.41) is 6.97. The summed E-state index contributed by atoms with van der Waals surface area (Å²) in [5.41, 5.74) is 2.53. The number of amides is 1. The normalized spacial score (nSPS) is 10.2. The summed E-state index contributed by atoms with van der Waals surface area (Å²) in [4.78, 5) is 22.9. The molecule has 0 unspecified atom stereocenters. The number of hydrogen-bond donors (Lipinski definition) is 1. The second kappa shape index (κ2) is 6.21. The lowest BCUT2D eigenvalue weighted by molar-refractivity contribution is -0.116. The highest BCUT2D eigenvalue weighted by atomic mass is 16.5. The van der Waals surface area contributed by atoms with Crippen LogP contribution in [0.2, 0.25) is 0 Å². The summed E-state index contributed by atoms with van der Waals surface area (Å²) < 4.78 is 6.58. The topological polar surface area (TPSA) is 73.2 Å². The zero-order chi connectivity index (χ0) is 15.4. The first kappa shape index (κ1) is 14.8. The van der Waals surface area contributed by atoms with Crippen LogP contribution in [0.4, 0.5) is 5.69 Å². The summed E-state index contributed by atoms with van der Waals surface area (Å²) in [6.07, 6.45) is 0.759. The van der Waals surface area contributed by atoms with E-state index in [4.69, 9.17) is 4.74 Å². The van der Waals surface area contributed by atoms with Gasteiger partial charge in [-0.1, -0.05) is 0 Å². The number of aldehydes is 1. The van der Waals surface area contributed by atoms with Crippen LogP contribution in [0.15, 0.2) is 24.3 Å². The van der Waals surface area contributed by atoms with E-state index in [2.05, 4.69) is 10.4 Å². The van der Waals surface area contributed by atoms with Crippen molar-refractivity contribution in [3.05, 3.63) is 41.2 Å². The molecule has 2 aromatic rings. The second-order valence-corrected chi connectivity index (χ2v) is 4.64. The largest absolute Gasteiger partial charge is 0.497 e. The van der Waals surface area contributed by atoms with Crippen molar-refractivity contribution in [1.29, 1.82) is 0 Å². The number of methoxy groups -OCH3 is 1. The van der Waals surface area contributed by atoms with Gasteiger partial charge in [0.25, 0.3) is 0 Å². The average molecular weight is 287 g/mol. The molecule has 0 spiro atoms. The van der Waals surface area contributed by atoms with Gasteiger partial charge in [-0.3, -0.25) is 14.3 Å². The molecule has 0 saturated heterocycles. The van der Waals surface area contributed by atoms with E-state index < -0.39 is 0 Å². The molecular weight excluding hydrogens is 270 g/mol. The minimum Gasteiger partial charge on any atom is -0.497 e. The number of carbonyl (C=O) groups is 2. The van der Waals surface area contributed by atoms with E-state index in [0.29, 0.717) is 22.6 Å². The van der Waals surface area contributed by atoms with Gasteiger partial charge in [0.1, 0.15) is 12.3 Å². The van der Waals surface area contributed by atoms with Gasteiger partial charge in [0.15, 0.2) is 6.29 Å². The van der Waals surface area contributed by atoms with Gasteiger partial charge in [-0.05, 0) is 38.1 Å². The van der Waals surface area contributed by atoms with Crippen molar-refractivity contribution in [2.24, 2.45) is 0 Å². The lowest BCUT2D eigenvalue weighted by Gasteiger charge is -2.07. The molecule has 1 amide bonds. The molecule has 6 heteroatoms. The molecule has 1 heterocycles. The standard InChI is InChI=1S/C15H17N3O3/c1-10-14(9-19)11(2)18(17-10)8-15(20)16-12-4-6-13(21-3)7-5-12/h4-7,9H,8H2,1-3H3,(H,16,20). The Labute approximate surface area is 122 Å². The molecule has 0 aliphatic heterocycles. The summed E-state index contributed by atoms with van der Waals surface area (Å²) in [6.45, 7) is 3.57. The molecule has 0 saturated carbocycles. The summed E-state index contributed by atoms with van der Waals surface area (Å²) in [6, 6.07) is 7.05. The minimum atomic E-state index is -0.205. The maximum absolute atomic E-state index is 12.0. The van der Waals surface area contributed by atoms with Crippen LogP contribution < -0.4 is 10.1 Å². The van der Waals surface area contributed by atoms with E-state index in [1.807, 2.05) is 0 Å². The van der Waals surface area contributed by atoms with Gasteiger partial charge in [0, 0.05) is 11.4 Å². The van der Waals surface area contributed by atoms with Gasteiger partial charge in [-0.25, -0.2) is 0 Å². The zero-order valence-corrected chi connectivity index (χ0v) is 12.2. The molecule has 0 aliphatic carbocycles. The Balaban J connectivity index is 2.06. The van der Waals surface area contributed by atoms with E-state index in [1.54, 1.807) is 45.2 Å². The van der Waals surface area contributed by atoms with Gasteiger partial charge < -0.3 is 10.1 Å². The van der Waals surface area contributed by atoms with Crippen LogP contribution in [0.5, 0.6) is 5.75 Å². The molecule has 110 valence electrons. The Hall–Kier alpha value is -2.63. The molecule has 0 radical (unpaired) electrons. The maximum Gasteiger partial charge on any atom is 0.246 e. The highest BCUT2D eigenvalue weighted by Crippen LogP contribution is 2.15. The lowest BCUT2D eigenvalue weighted by atomic mass is 10.2. The summed E-state index contributed by atoms with van der Waals surface area (Å²) in [7, 11) is 1.58. The predicted molar refractivity (Wildman–Crippen MR) is 78.7 cm³/mol. The summed E-state index contributed by atoms with van der Waals surface area (Å²) in [5.74, 6) is 0.519. The smallest absolute Gasteiger partial charge is 0.246 e. The third-order valence-corrected chi connectivity index (χ3v) is 3.22. The van der Waals surface area contributed by atoms with Crippen LogP contribution in [0, 0.1) is 13.8 Å². The maximum atomic E-state index is 12.0. The fourth-order valence-electron chi connectivity index (χ4n) is 2.05. The number of carbonyl (C=O) groups excluding carboxylic acids is 2. The van der Waals surface area contributed by atoms with Crippen LogP contribution >= 0.6 is 0 Å². The van der Waals surface area contributed by atoms with Crippen LogP contribution in [0.3, 0.4) is 0 Å². The van der Waals surface area contributed by atoms with E-state index >= 15 is 0 Å². The first-order valence-corrected chi connectivity index (χ1v) is 6.48. The molecule has 0 aliphatic rings.